The number of rotatable bonds is 5. The molecule has 0 radical (unpaired) electrons. The number of aliphatic imine (C=N–C) groups is 1. The van der Waals surface area contributed by atoms with Crippen LogP contribution in [-0.4, -0.2) is 24.9 Å². The number of carbonyl (C=O) groups excluding carboxylic acids is 2. The Labute approximate surface area is 200 Å². The Hall–Kier alpha value is -3.61. The number of hydrogen-bond donors (Lipinski definition) is 0. The first kappa shape index (κ1) is 22.6. The molecule has 166 valence electrons. The van der Waals surface area contributed by atoms with Gasteiger partial charge >= 0.3 is 11.9 Å². The van der Waals surface area contributed by atoms with Crippen molar-refractivity contribution in [2.45, 2.75) is 6.92 Å². The first-order valence-electron chi connectivity index (χ1n) is 9.79. The maximum absolute atomic E-state index is 12.5. The second-order valence-corrected chi connectivity index (χ2v) is 7.97. The van der Waals surface area contributed by atoms with Crippen molar-refractivity contribution < 1.29 is 23.8 Å². The van der Waals surface area contributed by atoms with E-state index < -0.39 is 11.9 Å². The van der Waals surface area contributed by atoms with Crippen molar-refractivity contribution in [3.63, 3.8) is 0 Å². The summed E-state index contributed by atoms with van der Waals surface area (Å²) in [5.41, 5.74) is 2.51. The van der Waals surface area contributed by atoms with Gasteiger partial charge in [-0.1, -0.05) is 47.0 Å². The van der Waals surface area contributed by atoms with E-state index in [0.717, 1.165) is 5.56 Å². The lowest BCUT2D eigenvalue weighted by Gasteiger charge is -2.10. The third-order valence-electron chi connectivity index (χ3n) is 4.73. The van der Waals surface area contributed by atoms with Crippen molar-refractivity contribution in [1.29, 1.82) is 0 Å². The van der Waals surface area contributed by atoms with Crippen LogP contribution in [0, 0.1) is 6.92 Å². The van der Waals surface area contributed by atoms with Crippen LogP contribution in [0.4, 0.5) is 0 Å². The molecule has 3 aromatic rings. The number of hydrogen-bond acceptors (Lipinski definition) is 6. The van der Waals surface area contributed by atoms with Crippen molar-refractivity contribution in [3.8, 4) is 11.5 Å². The highest BCUT2D eigenvalue weighted by molar-refractivity contribution is 6.37. The minimum atomic E-state index is -0.620. The maximum Gasteiger partial charge on any atom is 0.363 e. The standard InChI is InChI=1S/C25H17Cl2NO5/c1-14-4-3-5-16(10-14)24(29)32-21-9-6-15(12-22(21)31-2)11-20-25(30)33-23(28-20)18-8-7-17(26)13-19(18)27/h3-13H,1-2H3/b20-11-. The third-order valence-corrected chi connectivity index (χ3v) is 5.28. The smallest absolute Gasteiger partial charge is 0.363 e. The monoisotopic (exact) mass is 481 g/mol. The third kappa shape index (κ3) is 5.08. The Bertz CT molecular complexity index is 1330. The van der Waals surface area contributed by atoms with Gasteiger partial charge in [0, 0.05) is 5.02 Å². The van der Waals surface area contributed by atoms with Crippen LogP contribution in [0.3, 0.4) is 0 Å². The highest BCUT2D eigenvalue weighted by Crippen LogP contribution is 2.31. The molecule has 0 spiro atoms. The number of carbonyl (C=O) groups is 2. The first-order valence-corrected chi connectivity index (χ1v) is 10.5. The van der Waals surface area contributed by atoms with Crippen LogP contribution in [0.1, 0.15) is 27.0 Å². The fourth-order valence-electron chi connectivity index (χ4n) is 3.13. The predicted octanol–water partition coefficient (Wildman–Crippen LogP) is 5.87. The van der Waals surface area contributed by atoms with Gasteiger partial charge < -0.3 is 14.2 Å². The molecular weight excluding hydrogens is 465 g/mol. The van der Waals surface area contributed by atoms with Crippen molar-refractivity contribution in [2.24, 2.45) is 4.99 Å². The summed E-state index contributed by atoms with van der Waals surface area (Å²) >= 11 is 12.1. The molecule has 0 bridgehead atoms. The lowest BCUT2D eigenvalue weighted by molar-refractivity contribution is -0.129. The molecule has 0 saturated carbocycles. The zero-order valence-corrected chi connectivity index (χ0v) is 19.1. The highest BCUT2D eigenvalue weighted by atomic mass is 35.5. The molecule has 1 aliphatic rings. The molecule has 0 N–H and O–H groups in total. The predicted molar refractivity (Wildman–Crippen MR) is 126 cm³/mol. The first-order chi connectivity index (χ1) is 15.8. The summed E-state index contributed by atoms with van der Waals surface area (Å²) in [6.07, 6.45) is 1.54. The minimum absolute atomic E-state index is 0.0857. The van der Waals surface area contributed by atoms with E-state index >= 15 is 0 Å². The summed E-state index contributed by atoms with van der Waals surface area (Å²) in [5, 5.41) is 0.775. The van der Waals surface area contributed by atoms with Crippen molar-refractivity contribution in [1.82, 2.24) is 0 Å². The molecule has 0 unspecified atom stereocenters. The second-order valence-electron chi connectivity index (χ2n) is 7.13. The molecule has 6 nitrogen and oxygen atoms in total. The van der Waals surface area contributed by atoms with Gasteiger partial charge in [0.25, 0.3) is 0 Å². The van der Waals surface area contributed by atoms with E-state index in [9.17, 15) is 9.59 Å². The molecule has 0 fully saturated rings. The molecule has 33 heavy (non-hydrogen) atoms. The molecule has 3 aromatic carbocycles. The van der Waals surface area contributed by atoms with Gasteiger partial charge in [0.2, 0.25) is 5.90 Å². The Morgan fingerprint density at radius 2 is 1.85 bits per heavy atom. The normalized spacial score (nSPS) is 14.1. The average molecular weight is 482 g/mol. The SMILES string of the molecule is COc1cc(/C=C2\N=C(c3ccc(Cl)cc3Cl)OC2=O)ccc1OC(=O)c1cccc(C)c1. The van der Waals surface area contributed by atoms with Crippen LogP contribution in [-0.2, 0) is 9.53 Å². The summed E-state index contributed by atoms with van der Waals surface area (Å²) < 4.78 is 16.1. The van der Waals surface area contributed by atoms with Crippen LogP contribution >= 0.6 is 23.2 Å². The minimum Gasteiger partial charge on any atom is -0.493 e. The fraction of sp³-hybridized carbons (Fsp3) is 0.0800. The number of cyclic esters (lactones) is 1. The van der Waals surface area contributed by atoms with E-state index in [0.29, 0.717) is 32.5 Å². The van der Waals surface area contributed by atoms with Crippen LogP contribution in [0.5, 0.6) is 11.5 Å². The number of esters is 2. The zero-order chi connectivity index (χ0) is 23.5. The molecule has 0 amide bonds. The lowest BCUT2D eigenvalue weighted by Crippen LogP contribution is -2.09. The van der Waals surface area contributed by atoms with Crippen molar-refractivity contribution in [3.05, 3.63) is 98.7 Å². The zero-order valence-electron chi connectivity index (χ0n) is 17.6. The molecule has 0 saturated heterocycles. The summed E-state index contributed by atoms with van der Waals surface area (Å²) in [6, 6.07) is 16.8. The molecule has 8 heteroatoms. The molecule has 4 rings (SSSR count). The van der Waals surface area contributed by atoms with E-state index in [1.165, 1.54) is 19.3 Å². The summed E-state index contributed by atoms with van der Waals surface area (Å²) in [6.45, 7) is 1.89. The van der Waals surface area contributed by atoms with Gasteiger partial charge in [-0.25, -0.2) is 14.6 Å². The lowest BCUT2D eigenvalue weighted by atomic mass is 10.1. The summed E-state index contributed by atoms with van der Waals surface area (Å²) in [7, 11) is 1.46. The quantitative estimate of drug-likeness (QED) is 0.258. The van der Waals surface area contributed by atoms with E-state index in [4.69, 9.17) is 37.4 Å². The molecule has 1 heterocycles. The molecular formula is C25H17Cl2NO5. The van der Waals surface area contributed by atoms with Gasteiger partial charge in [0.1, 0.15) is 0 Å². The van der Waals surface area contributed by atoms with Gasteiger partial charge in [-0.05, 0) is 61.0 Å². The van der Waals surface area contributed by atoms with Gasteiger partial charge in [-0.3, -0.25) is 0 Å². The van der Waals surface area contributed by atoms with Crippen LogP contribution in [0.15, 0.2) is 71.4 Å². The van der Waals surface area contributed by atoms with Crippen molar-refractivity contribution >= 4 is 47.1 Å². The van der Waals surface area contributed by atoms with E-state index in [1.807, 2.05) is 13.0 Å². The highest BCUT2D eigenvalue weighted by Gasteiger charge is 2.26. The number of methoxy groups -OCH3 is 1. The molecule has 1 aliphatic heterocycles. The average Bonchev–Trinajstić information content (AvgIpc) is 3.14. The van der Waals surface area contributed by atoms with Crippen LogP contribution in [0.2, 0.25) is 10.0 Å². The van der Waals surface area contributed by atoms with E-state index in [-0.39, 0.29) is 17.3 Å². The Morgan fingerprint density at radius 3 is 2.58 bits per heavy atom. The van der Waals surface area contributed by atoms with E-state index in [1.54, 1.807) is 48.5 Å². The number of nitrogens with zero attached hydrogens (tertiary/aromatic N) is 1. The Morgan fingerprint density at radius 1 is 1.03 bits per heavy atom. The summed E-state index contributed by atoms with van der Waals surface area (Å²) in [5.74, 6) is -0.468. The Kier molecular flexibility index (Phi) is 6.49. The molecule has 0 atom stereocenters. The van der Waals surface area contributed by atoms with Gasteiger partial charge in [-0.2, -0.15) is 0 Å². The van der Waals surface area contributed by atoms with Gasteiger partial charge in [0.15, 0.2) is 17.2 Å². The number of benzene rings is 3. The number of aryl methyl sites for hydroxylation is 1. The number of ether oxygens (including phenoxy) is 3. The topological polar surface area (TPSA) is 74.2 Å². The molecule has 0 aromatic heterocycles. The van der Waals surface area contributed by atoms with Crippen molar-refractivity contribution in [2.75, 3.05) is 7.11 Å². The molecule has 0 aliphatic carbocycles. The fourth-order valence-corrected chi connectivity index (χ4v) is 3.62. The van der Waals surface area contributed by atoms with Gasteiger partial charge in [-0.15, -0.1) is 0 Å². The maximum atomic E-state index is 12.5. The van der Waals surface area contributed by atoms with Crippen LogP contribution < -0.4 is 9.47 Å². The largest absolute Gasteiger partial charge is 0.493 e. The Balaban J connectivity index is 1.59. The van der Waals surface area contributed by atoms with Gasteiger partial charge in [0.05, 0.1) is 23.3 Å². The number of halogens is 2. The second kappa shape index (κ2) is 9.48. The summed E-state index contributed by atoms with van der Waals surface area (Å²) in [4.78, 5) is 29.0. The van der Waals surface area contributed by atoms with Crippen LogP contribution in [0.25, 0.3) is 6.08 Å². The van der Waals surface area contributed by atoms with E-state index in [2.05, 4.69) is 4.99 Å².